The Morgan fingerprint density at radius 3 is 2.71 bits per heavy atom. The van der Waals surface area contributed by atoms with E-state index >= 15 is 0 Å². The first-order valence-corrected chi connectivity index (χ1v) is 8.41. The second-order valence-corrected chi connectivity index (χ2v) is 5.97. The van der Waals surface area contributed by atoms with Crippen molar-refractivity contribution in [2.45, 2.75) is 38.5 Å². The van der Waals surface area contributed by atoms with Gasteiger partial charge in [0.15, 0.2) is 0 Å². The van der Waals surface area contributed by atoms with Gasteiger partial charge in [-0.1, -0.05) is 49.7 Å². The van der Waals surface area contributed by atoms with Crippen molar-refractivity contribution in [1.29, 1.82) is 0 Å². The average molecular weight is 328 g/mol. The van der Waals surface area contributed by atoms with Crippen molar-refractivity contribution >= 4 is 11.8 Å². The van der Waals surface area contributed by atoms with Gasteiger partial charge in [-0.3, -0.25) is 9.59 Å². The summed E-state index contributed by atoms with van der Waals surface area (Å²) >= 11 is 0. The zero-order valence-electron chi connectivity index (χ0n) is 13.8. The van der Waals surface area contributed by atoms with Gasteiger partial charge >= 0.3 is 0 Å². The molecule has 5 heteroatoms. The molecule has 1 aromatic rings. The number of carbonyl (C=O) groups is 2. The molecule has 0 aliphatic heterocycles. The van der Waals surface area contributed by atoms with Crippen LogP contribution in [0.25, 0.3) is 0 Å². The smallest absolute Gasteiger partial charge is 0.252 e. The highest BCUT2D eigenvalue weighted by Gasteiger charge is 2.15. The van der Waals surface area contributed by atoms with Crippen LogP contribution < -0.4 is 15.8 Å². The van der Waals surface area contributed by atoms with Crippen LogP contribution in [-0.2, 0) is 4.79 Å². The van der Waals surface area contributed by atoms with Crippen LogP contribution in [0.5, 0.6) is 5.75 Å². The second-order valence-electron chi connectivity index (χ2n) is 5.97. The predicted molar refractivity (Wildman–Crippen MR) is 92.4 cm³/mol. The summed E-state index contributed by atoms with van der Waals surface area (Å²) in [5.74, 6) is 6.31. The maximum atomic E-state index is 11.7. The Morgan fingerprint density at radius 1 is 1.21 bits per heavy atom. The molecule has 128 valence electrons. The van der Waals surface area contributed by atoms with E-state index in [9.17, 15) is 9.59 Å². The maximum absolute atomic E-state index is 11.7. The van der Waals surface area contributed by atoms with E-state index in [1.54, 1.807) is 24.3 Å². The van der Waals surface area contributed by atoms with Gasteiger partial charge in [-0.25, -0.2) is 0 Å². The van der Waals surface area contributed by atoms with Crippen molar-refractivity contribution in [2.75, 3.05) is 13.2 Å². The minimum Gasteiger partial charge on any atom is -0.480 e. The molecule has 1 aliphatic carbocycles. The molecule has 0 unspecified atom stereocenters. The summed E-state index contributed by atoms with van der Waals surface area (Å²) in [6.07, 6.45) is 6.68. The van der Waals surface area contributed by atoms with Crippen molar-refractivity contribution < 1.29 is 14.3 Å². The Bertz CT molecular complexity index is 625. The number of nitrogens with one attached hydrogen (secondary N) is 1. The van der Waals surface area contributed by atoms with Crippen LogP contribution in [0.4, 0.5) is 0 Å². The third kappa shape index (κ3) is 5.96. The Kier molecular flexibility index (Phi) is 7.16. The number of hydrogen-bond donors (Lipinski definition) is 2. The van der Waals surface area contributed by atoms with E-state index in [1.807, 2.05) is 0 Å². The van der Waals surface area contributed by atoms with Gasteiger partial charge in [0.25, 0.3) is 5.91 Å². The molecule has 24 heavy (non-hydrogen) atoms. The number of amides is 2. The number of para-hydroxylation sites is 1. The van der Waals surface area contributed by atoms with Crippen LogP contribution in [0.2, 0.25) is 0 Å². The fourth-order valence-corrected chi connectivity index (χ4v) is 2.89. The molecule has 0 radical (unpaired) electrons. The molecule has 5 nitrogen and oxygen atoms in total. The molecule has 2 rings (SSSR count). The van der Waals surface area contributed by atoms with Gasteiger partial charge in [-0.2, -0.15) is 0 Å². The molecule has 3 N–H and O–H groups in total. The van der Waals surface area contributed by atoms with E-state index in [4.69, 9.17) is 10.5 Å². The lowest BCUT2D eigenvalue weighted by Crippen LogP contribution is -2.23. The van der Waals surface area contributed by atoms with Crippen molar-refractivity contribution in [3.8, 4) is 17.6 Å². The summed E-state index contributed by atoms with van der Waals surface area (Å²) in [5.41, 5.74) is 5.60. The quantitative estimate of drug-likeness (QED) is 0.753. The number of carbonyl (C=O) groups excluding carboxylic acids is 2. The zero-order valence-corrected chi connectivity index (χ0v) is 13.8. The van der Waals surface area contributed by atoms with Crippen LogP contribution in [0, 0.1) is 17.8 Å². The van der Waals surface area contributed by atoms with Crippen LogP contribution >= 0.6 is 0 Å². The van der Waals surface area contributed by atoms with E-state index in [0.717, 1.165) is 12.3 Å². The Hall–Kier alpha value is -2.48. The number of benzene rings is 1. The van der Waals surface area contributed by atoms with E-state index in [2.05, 4.69) is 17.2 Å². The second kappa shape index (κ2) is 9.61. The number of primary amides is 1. The molecule has 0 atom stereocenters. The first kappa shape index (κ1) is 17.9. The molecule has 1 aliphatic rings. The van der Waals surface area contributed by atoms with Crippen molar-refractivity contribution in [1.82, 2.24) is 5.32 Å². The van der Waals surface area contributed by atoms with Gasteiger partial charge in [0.1, 0.15) is 12.4 Å². The highest BCUT2D eigenvalue weighted by molar-refractivity contribution is 5.95. The summed E-state index contributed by atoms with van der Waals surface area (Å²) in [4.78, 5) is 23.0. The van der Waals surface area contributed by atoms with E-state index in [0.29, 0.717) is 24.3 Å². The number of nitrogens with two attached hydrogens (primary N) is 1. The zero-order chi connectivity index (χ0) is 17.2. The normalized spacial score (nSPS) is 13.8. The Morgan fingerprint density at radius 2 is 1.96 bits per heavy atom. The molecule has 0 heterocycles. The van der Waals surface area contributed by atoms with Gasteiger partial charge in [0.2, 0.25) is 5.91 Å². The third-order valence-corrected chi connectivity index (χ3v) is 4.21. The lowest BCUT2D eigenvalue weighted by molar-refractivity contribution is -0.121. The molecule has 1 saturated carbocycles. The van der Waals surface area contributed by atoms with Gasteiger partial charge in [-0.05, 0) is 24.5 Å². The maximum Gasteiger partial charge on any atom is 0.252 e. The van der Waals surface area contributed by atoms with E-state index in [1.165, 1.54) is 25.7 Å². The largest absolute Gasteiger partial charge is 0.480 e. The van der Waals surface area contributed by atoms with Gasteiger partial charge in [0.05, 0.1) is 12.1 Å². The van der Waals surface area contributed by atoms with Crippen LogP contribution in [0.1, 0.15) is 48.9 Å². The minimum absolute atomic E-state index is 0.0520. The van der Waals surface area contributed by atoms with Gasteiger partial charge in [0, 0.05) is 6.42 Å². The molecule has 0 bridgehead atoms. The van der Waals surface area contributed by atoms with Crippen LogP contribution in [-0.4, -0.2) is 25.0 Å². The lowest BCUT2D eigenvalue weighted by atomic mass is 10.0. The summed E-state index contributed by atoms with van der Waals surface area (Å²) in [6, 6.07) is 6.77. The van der Waals surface area contributed by atoms with Gasteiger partial charge < -0.3 is 15.8 Å². The first-order valence-electron chi connectivity index (χ1n) is 8.41. The standard InChI is InChI=1S/C19H24N2O3/c20-19(23)16-9-3-4-10-17(16)24-14-6-5-13-21-18(22)12-11-15-7-1-2-8-15/h3-4,9-10,15H,1-2,7-8,11-14H2,(H2,20,23)(H,21,22). The number of ether oxygens (including phenoxy) is 1. The lowest BCUT2D eigenvalue weighted by Gasteiger charge is -2.07. The molecule has 1 fully saturated rings. The van der Waals surface area contributed by atoms with Crippen LogP contribution in [0.3, 0.4) is 0 Å². The number of rotatable bonds is 7. The summed E-state index contributed by atoms with van der Waals surface area (Å²) in [6.45, 7) is 0.451. The van der Waals surface area contributed by atoms with E-state index in [-0.39, 0.29) is 12.5 Å². The summed E-state index contributed by atoms with van der Waals surface area (Å²) < 4.78 is 5.43. The third-order valence-electron chi connectivity index (χ3n) is 4.21. The van der Waals surface area contributed by atoms with E-state index < -0.39 is 5.91 Å². The summed E-state index contributed by atoms with van der Waals surface area (Å²) in [7, 11) is 0. The van der Waals surface area contributed by atoms with Gasteiger partial charge in [-0.15, -0.1) is 0 Å². The van der Waals surface area contributed by atoms with Crippen LogP contribution in [0.15, 0.2) is 24.3 Å². The molecule has 0 aromatic heterocycles. The van der Waals surface area contributed by atoms with Crippen molar-refractivity contribution in [2.24, 2.45) is 11.7 Å². The topological polar surface area (TPSA) is 81.4 Å². The average Bonchev–Trinajstić information content (AvgIpc) is 3.10. The monoisotopic (exact) mass is 328 g/mol. The minimum atomic E-state index is -0.534. The Labute approximate surface area is 142 Å². The fraction of sp³-hybridized carbons (Fsp3) is 0.474. The summed E-state index contributed by atoms with van der Waals surface area (Å²) in [5, 5.41) is 2.79. The SMILES string of the molecule is NC(=O)c1ccccc1OCC#CCNC(=O)CCC1CCCC1. The van der Waals surface area contributed by atoms with Crippen molar-refractivity contribution in [3.63, 3.8) is 0 Å². The Balaban J connectivity index is 1.63. The van der Waals surface area contributed by atoms with Crippen molar-refractivity contribution in [3.05, 3.63) is 29.8 Å². The molecule has 0 spiro atoms. The predicted octanol–water partition coefficient (Wildman–Crippen LogP) is 2.25. The fourth-order valence-electron chi connectivity index (χ4n) is 2.89. The highest BCUT2D eigenvalue weighted by atomic mass is 16.5. The molecular weight excluding hydrogens is 304 g/mol. The molecular formula is C19H24N2O3. The first-order chi connectivity index (χ1) is 11.7. The number of hydrogen-bond acceptors (Lipinski definition) is 3. The highest BCUT2D eigenvalue weighted by Crippen LogP contribution is 2.28. The molecule has 0 saturated heterocycles. The molecule has 1 aromatic carbocycles. The molecule has 2 amide bonds.